The van der Waals surface area contributed by atoms with Crippen molar-refractivity contribution >= 4 is 16.9 Å². The summed E-state index contributed by atoms with van der Waals surface area (Å²) < 4.78 is 0. The molecule has 0 aliphatic carbocycles. The molecule has 0 spiro atoms. The summed E-state index contributed by atoms with van der Waals surface area (Å²) in [7, 11) is 0. The highest BCUT2D eigenvalue weighted by Crippen LogP contribution is 2.28. The van der Waals surface area contributed by atoms with E-state index in [9.17, 15) is 10.1 Å². The van der Waals surface area contributed by atoms with Gasteiger partial charge in [-0.25, -0.2) is 0 Å². The number of para-hydroxylation sites is 1. The van der Waals surface area contributed by atoms with Crippen LogP contribution in [0.3, 0.4) is 0 Å². The van der Waals surface area contributed by atoms with E-state index in [1.165, 1.54) is 0 Å². The molecule has 5 nitrogen and oxygen atoms in total. The Morgan fingerprint density at radius 1 is 1.43 bits per heavy atom. The number of hydrogen-bond acceptors (Lipinski definition) is 3. The van der Waals surface area contributed by atoms with E-state index in [1.807, 2.05) is 42.3 Å². The van der Waals surface area contributed by atoms with Crippen LogP contribution in [0.5, 0.6) is 0 Å². The lowest BCUT2D eigenvalue weighted by Gasteiger charge is -2.25. The highest BCUT2D eigenvalue weighted by molar-refractivity contribution is 5.83. The Balaban J connectivity index is 2.31. The van der Waals surface area contributed by atoms with Gasteiger partial charge in [0, 0.05) is 29.2 Å². The van der Waals surface area contributed by atoms with Gasteiger partial charge >= 0.3 is 5.97 Å². The molecule has 1 heterocycles. The average molecular weight is 285 g/mol. The molecule has 110 valence electrons. The van der Waals surface area contributed by atoms with Crippen LogP contribution in [-0.4, -0.2) is 34.0 Å². The lowest BCUT2D eigenvalue weighted by Crippen LogP contribution is -2.31. The van der Waals surface area contributed by atoms with Crippen molar-refractivity contribution in [2.45, 2.75) is 25.8 Å². The maximum Gasteiger partial charge on any atom is 0.304 e. The highest BCUT2D eigenvalue weighted by atomic mass is 16.4. The second-order valence-corrected chi connectivity index (χ2v) is 5.00. The number of carboxylic acids is 1. The maximum absolute atomic E-state index is 10.8. The fraction of sp³-hybridized carbons (Fsp3) is 0.375. The van der Waals surface area contributed by atoms with E-state index < -0.39 is 12.0 Å². The molecule has 2 N–H and O–H groups in total. The molecule has 0 saturated carbocycles. The molecule has 2 rings (SSSR count). The summed E-state index contributed by atoms with van der Waals surface area (Å²) in [6.45, 7) is 3.10. The van der Waals surface area contributed by atoms with E-state index in [2.05, 4.69) is 11.1 Å². The van der Waals surface area contributed by atoms with Gasteiger partial charge in [0.15, 0.2) is 0 Å². The zero-order valence-electron chi connectivity index (χ0n) is 12.0. The number of aromatic nitrogens is 1. The van der Waals surface area contributed by atoms with Crippen LogP contribution in [0.15, 0.2) is 30.5 Å². The number of carboxylic acid groups (broad SMARTS) is 1. The van der Waals surface area contributed by atoms with Crippen molar-refractivity contribution in [3.63, 3.8) is 0 Å². The van der Waals surface area contributed by atoms with Gasteiger partial charge in [-0.2, -0.15) is 5.26 Å². The van der Waals surface area contributed by atoms with Gasteiger partial charge in [-0.3, -0.25) is 9.69 Å². The minimum atomic E-state index is -0.841. The van der Waals surface area contributed by atoms with Crippen LogP contribution in [0.25, 0.3) is 10.9 Å². The van der Waals surface area contributed by atoms with Gasteiger partial charge in [0.1, 0.15) is 6.04 Å². The van der Waals surface area contributed by atoms with Crippen LogP contribution in [0.4, 0.5) is 0 Å². The Bertz CT molecular complexity index is 657. The Hall–Kier alpha value is -2.32. The van der Waals surface area contributed by atoms with E-state index in [0.29, 0.717) is 13.1 Å². The molecule has 0 fully saturated rings. The number of carbonyl (C=O) groups is 1. The second-order valence-electron chi connectivity index (χ2n) is 5.00. The number of hydrogen-bond donors (Lipinski definition) is 2. The quantitative estimate of drug-likeness (QED) is 0.819. The highest BCUT2D eigenvalue weighted by Gasteiger charge is 2.22. The van der Waals surface area contributed by atoms with E-state index in [-0.39, 0.29) is 6.42 Å². The van der Waals surface area contributed by atoms with Crippen molar-refractivity contribution in [1.82, 2.24) is 9.88 Å². The molecule has 1 unspecified atom stereocenters. The molecule has 0 radical (unpaired) electrons. The third-order valence-electron chi connectivity index (χ3n) is 3.53. The number of nitriles is 1. The number of rotatable bonds is 7. The molecule has 1 aromatic carbocycles. The SMILES string of the molecule is CCCN(CCC(=O)O)C(C#N)c1c[nH]c2ccccc12. The van der Waals surface area contributed by atoms with Gasteiger partial charge in [-0.05, 0) is 19.0 Å². The lowest BCUT2D eigenvalue weighted by molar-refractivity contribution is -0.137. The molecular formula is C16H19N3O2. The molecule has 0 aliphatic heterocycles. The van der Waals surface area contributed by atoms with Crippen molar-refractivity contribution in [3.05, 3.63) is 36.0 Å². The van der Waals surface area contributed by atoms with Crippen LogP contribution in [0, 0.1) is 11.3 Å². The Morgan fingerprint density at radius 2 is 2.19 bits per heavy atom. The van der Waals surface area contributed by atoms with E-state index in [4.69, 9.17) is 5.11 Å². The van der Waals surface area contributed by atoms with Crippen molar-refractivity contribution < 1.29 is 9.90 Å². The predicted octanol–water partition coefficient (Wildman–Crippen LogP) is 2.92. The average Bonchev–Trinajstić information content (AvgIpc) is 2.89. The Kier molecular flexibility index (Phi) is 4.96. The summed E-state index contributed by atoms with van der Waals surface area (Å²) in [5.41, 5.74) is 1.90. The first-order valence-corrected chi connectivity index (χ1v) is 7.08. The van der Waals surface area contributed by atoms with E-state index in [0.717, 1.165) is 22.9 Å². The third-order valence-corrected chi connectivity index (χ3v) is 3.53. The largest absolute Gasteiger partial charge is 0.481 e. The molecule has 1 aromatic heterocycles. The van der Waals surface area contributed by atoms with Crippen molar-refractivity contribution in [3.8, 4) is 6.07 Å². The number of aromatic amines is 1. The van der Waals surface area contributed by atoms with Gasteiger partial charge in [0.25, 0.3) is 0 Å². The van der Waals surface area contributed by atoms with Gasteiger partial charge in [0.2, 0.25) is 0 Å². The second kappa shape index (κ2) is 6.91. The predicted molar refractivity (Wildman–Crippen MR) is 80.8 cm³/mol. The number of benzene rings is 1. The van der Waals surface area contributed by atoms with Crippen LogP contribution in [0.2, 0.25) is 0 Å². The minimum absolute atomic E-state index is 0.0422. The smallest absolute Gasteiger partial charge is 0.304 e. The van der Waals surface area contributed by atoms with Crippen molar-refractivity contribution in [2.75, 3.05) is 13.1 Å². The molecule has 0 saturated heterocycles. The fourth-order valence-electron chi connectivity index (χ4n) is 2.56. The lowest BCUT2D eigenvalue weighted by atomic mass is 10.0. The number of nitrogens with one attached hydrogen (secondary N) is 1. The summed E-state index contributed by atoms with van der Waals surface area (Å²) in [5.74, 6) is -0.841. The first-order valence-electron chi connectivity index (χ1n) is 7.08. The normalized spacial score (nSPS) is 12.4. The zero-order valence-corrected chi connectivity index (χ0v) is 12.0. The van der Waals surface area contributed by atoms with Gasteiger partial charge in [-0.1, -0.05) is 25.1 Å². The van der Waals surface area contributed by atoms with E-state index >= 15 is 0 Å². The van der Waals surface area contributed by atoms with Crippen LogP contribution >= 0.6 is 0 Å². The minimum Gasteiger partial charge on any atom is -0.481 e. The monoisotopic (exact) mass is 285 g/mol. The standard InChI is InChI=1S/C16H19N3O2/c1-2-8-19(9-7-16(20)21)15(10-17)13-11-18-14-6-4-3-5-12(13)14/h3-6,11,15,18H,2,7-9H2,1H3,(H,20,21). The number of H-pyrrole nitrogens is 1. The molecule has 0 amide bonds. The molecule has 21 heavy (non-hydrogen) atoms. The molecule has 5 heteroatoms. The third kappa shape index (κ3) is 3.41. The first kappa shape index (κ1) is 15.1. The summed E-state index contributed by atoms with van der Waals surface area (Å²) in [6.07, 6.45) is 2.77. The van der Waals surface area contributed by atoms with Crippen molar-refractivity contribution in [2.24, 2.45) is 0 Å². The summed E-state index contributed by atoms with van der Waals surface area (Å²) in [4.78, 5) is 15.9. The molecular weight excluding hydrogens is 266 g/mol. The fourth-order valence-corrected chi connectivity index (χ4v) is 2.56. The zero-order chi connectivity index (χ0) is 15.2. The maximum atomic E-state index is 10.8. The number of fused-ring (bicyclic) bond motifs is 1. The van der Waals surface area contributed by atoms with Crippen molar-refractivity contribution in [1.29, 1.82) is 5.26 Å². The molecule has 1 atom stereocenters. The Labute approximate surface area is 123 Å². The summed E-state index contributed by atoms with van der Waals surface area (Å²) >= 11 is 0. The molecule has 2 aromatic rings. The molecule has 0 bridgehead atoms. The number of aliphatic carboxylic acids is 1. The molecule has 0 aliphatic rings. The number of nitrogens with zero attached hydrogens (tertiary/aromatic N) is 2. The van der Waals surface area contributed by atoms with Gasteiger partial charge in [-0.15, -0.1) is 0 Å². The van der Waals surface area contributed by atoms with E-state index in [1.54, 1.807) is 0 Å². The summed E-state index contributed by atoms with van der Waals surface area (Å²) in [6, 6.07) is 9.72. The van der Waals surface area contributed by atoms with Crippen LogP contribution in [0.1, 0.15) is 31.4 Å². The van der Waals surface area contributed by atoms with Crippen LogP contribution < -0.4 is 0 Å². The first-order chi connectivity index (χ1) is 10.2. The topological polar surface area (TPSA) is 80.1 Å². The Morgan fingerprint density at radius 3 is 2.86 bits per heavy atom. The van der Waals surface area contributed by atoms with Crippen LogP contribution in [-0.2, 0) is 4.79 Å². The van der Waals surface area contributed by atoms with Gasteiger partial charge in [0.05, 0.1) is 12.5 Å². The summed E-state index contributed by atoms with van der Waals surface area (Å²) in [5, 5.41) is 19.5. The van der Waals surface area contributed by atoms with Gasteiger partial charge < -0.3 is 10.1 Å².